The Labute approximate surface area is 187 Å². The van der Waals surface area contributed by atoms with Gasteiger partial charge in [-0.2, -0.15) is 0 Å². The molecule has 0 aliphatic heterocycles. The van der Waals surface area contributed by atoms with Crippen molar-refractivity contribution in [1.82, 2.24) is 24.7 Å². The Morgan fingerprint density at radius 1 is 1.19 bits per heavy atom. The zero-order valence-electron chi connectivity index (χ0n) is 17.1. The first-order valence-corrected chi connectivity index (χ1v) is 11.3. The Hall–Kier alpha value is -2.80. The van der Waals surface area contributed by atoms with Gasteiger partial charge in [0.15, 0.2) is 11.5 Å². The van der Waals surface area contributed by atoms with Gasteiger partial charge in [-0.25, -0.2) is 22.8 Å². The highest BCUT2D eigenvalue weighted by Crippen LogP contribution is 2.35. The van der Waals surface area contributed by atoms with Gasteiger partial charge in [0.2, 0.25) is 16.0 Å². The van der Waals surface area contributed by atoms with E-state index in [1.165, 1.54) is 44.4 Å². The van der Waals surface area contributed by atoms with Crippen LogP contribution in [0.5, 0.6) is 11.5 Å². The fourth-order valence-corrected chi connectivity index (χ4v) is 4.25. The summed E-state index contributed by atoms with van der Waals surface area (Å²) in [5.41, 5.74) is -2.01. The topological polar surface area (TPSA) is 121 Å². The van der Waals surface area contributed by atoms with Crippen molar-refractivity contribution in [2.75, 3.05) is 18.9 Å². The molecule has 0 bridgehead atoms. The van der Waals surface area contributed by atoms with E-state index >= 15 is 4.39 Å². The van der Waals surface area contributed by atoms with Crippen molar-refractivity contribution in [1.29, 1.82) is 0 Å². The lowest BCUT2D eigenvalue weighted by Gasteiger charge is -2.26. The van der Waals surface area contributed by atoms with Gasteiger partial charge in [-0.1, -0.05) is 6.07 Å². The number of hydrogen-bond acceptors (Lipinski definition) is 8. The minimum absolute atomic E-state index is 0.165. The van der Waals surface area contributed by atoms with Gasteiger partial charge in [0.05, 0.1) is 18.7 Å². The van der Waals surface area contributed by atoms with Crippen molar-refractivity contribution in [3.8, 4) is 17.2 Å². The smallest absolute Gasteiger partial charge is 0.242 e. The van der Waals surface area contributed by atoms with Crippen LogP contribution in [-0.4, -0.2) is 52.6 Å². The van der Waals surface area contributed by atoms with E-state index in [4.69, 9.17) is 9.47 Å². The Bertz CT molecular complexity index is 1150. The van der Waals surface area contributed by atoms with Crippen LogP contribution in [0, 0.1) is 0 Å². The molecule has 3 aromatic rings. The number of anilines is 1. The summed E-state index contributed by atoms with van der Waals surface area (Å²) < 4.78 is 56.4. The summed E-state index contributed by atoms with van der Waals surface area (Å²) in [7, 11) is -1.37. The van der Waals surface area contributed by atoms with E-state index in [2.05, 4.69) is 40.8 Å². The molecule has 0 aliphatic rings. The van der Waals surface area contributed by atoms with Crippen LogP contribution in [0.25, 0.3) is 5.69 Å². The van der Waals surface area contributed by atoms with E-state index in [0.717, 1.165) is 6.92 Å². The van der Waals surface area contributed by atoms with Gasteiger partial charge in [-0.3, -0.25) is 9.29 Å². The highest BCUT2D eigenvalue weighted by Gasteiger charge is 2.44. The largest absolute Gasteiger partial charge is 0.494 e. The van der Waals surface area contributed by atoms with E-state index in [1.807, 2.05) is 0 Å². The zero-order valence-corrected chi connectivity index (χ0v) is 19.5. The molecule has 1 N–H and O–H groups in total. The second kappa shape index (κ2) is 8.75. The molecule has 0 amide bonds. The summed E-state index contributed by atoms with van der Waals surface area (Å²) in [5, 5.41) is 6.04. The minimum atomic E-state index is -4.29. The third-order valence-electron chi connectivity index (χ3n) is 4.71. The summed E-state index contributed by atoms with van der Waals surface area (Å²) in [6.45, 7) is 2.33. The molecule has 0 radical (unpaired) electrons. The number of ether oxygens (including phenoxy) is 2. The SMILES string of the molecule is COc1cccc(OC)c1-n1cnnc1NS(=O)(=O)[C@@H](C)[C@@](C)(F)c1ncc(Br)cn1. The molecule has 0 saturated heterocycles. The highest BCUT2D eigenvalue weighted by molar-refractivity contribution is 9.10. The maximum Gasteiger partial charge on any atom is 0.242 e. The second-order valence-electron chi connectivity index (χ2n) is 6.63. The lowest BCUT2D eigenvalue weighted by Crippen LogP contribution is -2.41. The maximum absolute atomic E-state index is 15.5. The van der Waals surface area contributed by atoms with Crippen LogP contribution in [0.2, 0.25) is 0 Å². The molecular weight excluding hydrogens is 495 g/mol. The number of nitrogens with one attached hydrogen (secondary N) is 1. The fourth-order valence-electron chi connectivity index (χ4n) is 2.79. The summed E-state index contributed by atoms with van der Waals surface area (Å²) in [4.78, 5) is 7.80. The van der Waals surface area contributed by atoms with Gasteiger partial charge in [0, 0.05) is 12.4 Å². The molecule has 31 heavy (non-hydrogen) atoms. The number of benzene rings is 1. The van der Waals surface area contributed by atoms with E-state index in [-0.39, 0.29) is 11.8 Å². The highest BCUT2D eigenvalue weighted by atomic mass is 79.9. The average Bonchev–Trinajstić information content (AvgIpc) is 3.19. The average molecular weight is 515 g/mol. The number of hydrogen-bond donors (Lipinski definition) is 1. The van der Waals surface area contributed by atoms with Crippen LogP contribution in [0.1, 0.15) is 19.7 Å². The molecule has 2 aromatic heterocycles. The molecule has 0 unspecified atom stereocenters. The molecule has 3 rings (SSSR count). The first-order chi connectivity index (χ1) is 14.6. The monoisotopic (exact) mass is 514 g/mol. The molecule has 2 heterocycles. The molecule has 13 heteroatoms. The quantitative estimate of drug-likeness (QED) is 0.486. The van der Waals surface area contributed by atoms with E-state index in [9.17, 15) is 8.42 Å². The zero-order chi connectivity index (χ0) is 22.8. The number of aromatic nitrogens is 5. The van der Waals surface area contributed by atoms with Gasteiger partial charge in [-0.15, -0.1) is 10.2 Å². The molecule has 0 aliphatic carbocycles. The molecule has 166 valence electrons. The standard InChI is InChI=1S/C18H20BrFN6O4S/c1-11(18(2,20)16-21-8-12(19)9-22-16)31(27,28)25-17-24-23-10-26(17)15-13(29-3)6-5-7-14(15)30-4/h5-11H,1-4H3,(H,24,25)/t11-,18+/m0/s1. The van der Waals surface area contributed by atoms with Gasteiger partial charge in [-0.05, 0) is 41.9 Å². The number of rotatable bonds is 8. The summed E-state index contributed by atoms with van der Waals surface area (Å²) in [6, 6.07) is 5.05. The third-order valence-corrected chi connectivity index (χ3v) is 6.96. The van der Waals surface area contributed by atoms with Crippen molar-refractivity contribution >= 4 is 31.9 Å². The number of halogens is 2. The summed E-state index contributed by atoms with van der Waals surface area (Å²) in [5.74, 6) is 0.362. The molecule has 0 spiro atoms. The number of sulfonamides is 1. The fraction of sp³-hybridized carbons (Fsp3) is 0.333. The number of nitrogens with zero attached hydrogens (tertiary/aromatic N) is 5. The van der Waals surface area contributed by atoms with Gasteiger partial charge in [0.1, 0.15) is 28.8 Å². The van der Waals surface area contributed by atoms with Crippen molar-refractivity contribution < 1.29 is 22.3 Å². The normalized spacial score (nSPS) is 14.5. The Morgan fingerprint density at radius 3 is 2.32 bits per heavy atom. The molecule has 2 atom stereocenters. The van der Waals surface area contributed by atoms with E-state index < -0.39 is 20.9 Å². The predicted molar refractivity (Wildman–Crippen MR) is 115 cm³/mol. The molecule has 0 fully saturated rings. The van der Waals surface area contributed by atoms with Crippen molar-refractivity contribution in [3.63, 3.8) is 0 Å². The minimum Gasteiger partial charge on any atom is -0.494 e. The van der Waals surface area contributed by atoms with Crippen LogP contribution in [0.3, 0.4) is 0 Å². The Balaban J connectivity index is 1.98. The van der Waals surface area contributed by atoms with Crippen LogP contribution in [-0.2, 0) is 15.7 Å². The number of methoxy groups -OCH3 is 2. The molecule has 1 aromatic carbocycles. The maximum atomic E-state index is 15.5. The van der Waals surface area contributed by atoms with E-state index in [1.54, 1.807) is 18.2 Å². The van der Waals surface area contributed by atoms with Gasteiger partial charge >= 0.3 is 0 Å². The number of alkyl halides is 1. The lowest BCUT2D eigenvalue weighted by atomic mass is 10.0. The van der Waals surface area contributed by atoms with Crippen LogP contribution in [0.4, 0.5) is 10.3 Å². The van der Waals surface area contributed by atoms with Crippen LogP contribution in [0.15, 0.2) is 41.4 Å². The van der Waals surface area contributed by atoms with Crippen molar-refractivity contribution in [2.45, 2.75) is 24.8 Å². The Morgan fingerprint density at radius 2 is 1.77 bits per heavy atom. The molecular formula is C18H20BrFN6O4S. The second-order valence-corrected chi connectivity index (χ2v) is 9.54. The van der Waals surface area contributed by atoms with Gasteiger partial charge in [0.25, 0.3) is 0 Å². The predicted octanol–water partition coefficient (Wildman–Crippen LogP) is 2.85. The summed E-state index contributed by atoms with van der Waals surface area (Å²) in [6.07, 6.45) is 3.98. The van der Waals surface area contributed by atoms with E-state index in [0.29, 0.717) is 21.7 Å². The van der Waals surface area contributed by atoms with Gasteiger partial charge < -0.3 is 9.47 Å². The van der Waals surface area contributed by atoms with Crippen LogP contribution < -0.4 is 14.2 Å². The molecule has 0 saturated carbocycles. The lowest BCUT2D eigenvalue weighted by molar-refractivity contribution is 0.175. The first kappa shape index (κ1) is 22.9. The third kappa shape index (κ3) is 4.46. The molecule has 10 nitrogen and oxygen atoms in total. The van der Waals surface area contributed by atoms with Crippen molar-refractivity contribution in [2.24, 2.45) is 0 Å². The van der Waals surface area contributed by atoms with Crippen molar-refractivity contribution in [3.05, 3.63) is 47.2 Å². The summed E-state index contributed by atoms with van der Waals surface area (Å²) >= 11 is 3.17. The Kier molecular flexibility index (Phi) is 6.46. The van der Waals surface area contributed by atoms with Crippen LogP contribution >= 0.6 is 15.9 Å². The number of para-hydroxylation sites is 1. The first-order valence-electron chi connectivity index (χ1n) is 8.91.